The number of benzene rings is 2. The average molecular weight is 426 g/mol. The van der Waals surface area contributed by atoms with E-state index in [9.17, 15) is 4.39 Å². The highest BCUT2D eigenvalue weighted by Crippen LogP contribution is 2.34. The third-order valence-electron chi connectivity index (χ3n) is 5.61. The van der Waals surface area contributed by atoms with Gasteiger partial charge in [-0.1, -0.05) is 35.9 Å². The molecule has 3 N–H and O–H groups in total. The number of ether oxygens (including phenoxy) is 1. The van der Waals surface area contributed by atoms with Gasteiger partial charge >= 0.3 is 0 Å². The van der Waals surface area contributed by atoms with Gasteiger partial charge in [0.1, 0.15) is 11.9 Å². The maximum atomic E-state index is 13.6. The molecule has 6 heteroatoms. The lowest BCUT2D eigenvalue weighted by molar-refractivity contribution is 0.227. The van der Waals surface area contributed by atoms with Gasteiger partial charge in [0.05, 0.1) is 0 Å². The van der Waals surface area contributed by atoms with Crippen molar-refractivity contribution in [3.8, 4) is 16.9 Å². The molecule has 0 bridgehead atoms. The molecular weight excluding hydrogens is 401 g/mol. The van der Waals surface area contributed by atoms with E-state index in [4.69, 9.17) is 22.1 Å². The van der Waals surface area contributed by atoms with E-state index in [1.807, 2.05) is 13.0 Å². The summed E-state index contributed by atoms with van der Waals surface area (Å²) in [5, 5.41) is 3.86. The van der Waals surface area contributed by atoms with E-state index in [0.29, 0.717) is 22.3 Å². The molecule has 1 saturated heterocycles. The van der Waals surface area contributed by atoms with Gasteiger partial charge in [-0.2, -0.15) is 0 Å². The number of hydrogen-bond acceptors (Lipinski definition) is 4. The second-order valence-electron chi connectivity index (χ2n) is 7.68. The van der Waals surface area contributed by atoms with Gasteiger partial charge in [0.25, 0.3) is 0 Å². The standard InChI is InChI=1S/C24H25ClFN3O/c1-15(21-13-20(26)5-6-22(21)25)30-23-12-19(14-29-24(23)27)18-4-2-3-17(11-18)16-7-9-28-10-8-16/h2-6,11-16,28H,7-10H2,1H3,(H2,27,29). The van der Waals surface area contributed by atoms with Crippen molar-refractivity contribution in [1.29, 1.82) is 0 Å². The topological polar surface area (TPSA) is 60.2 Å². The number of pyridine rings is 1. The molecule has 1 aromatic heterocycles. The third kappa shape index (κ3) is 4.58. The van der Waals surface area contributed by atoms with Crippen molar-refractivity contribution >= 4 is 17.4 Å². The van der Waals surface area contributed by atoms with E-state index in [0.717, 1.165) is 37.1 Å². The first-order valence-corrected chi connectivity index (χ1v) is 10.6. The molecule has 0 aliphatic carbocycles. The van der Waals surface area contributed by atoms with Crippen LogP contribution in [0.5, 0.6) is 5.75 Å². The Hall–Kier alpha value is -2.63. The van der Waals surface area contributed by atoms with E-state index in [-0.39, 0.29) is 11.6 Å². The fraction of sp³-hybridized carbons (Fsp3) is 0.292. The molecule has 0 saturated carbocycles. The van der Waals surface area contributed by atoms with Gasteiger partial charge in [-0.25, -0.2) is 9.37 Å². The number of anilines is 1. The number of nitrogens with one attached hydrogen (secondary N) is 1. The molecule has 0 radical (unpaired) electrons. The summed E-state index contributed by atoms with van der Waals surface area (Å²) >= 11 is 6.22. The summed E-state index contributed by atoms with van der Waals surface area (Å²) in [4.78, 5) is 4.32. The van der Waals surface area contributed by atoms with Crippen LogP contribution in [0, 0.1) is 5.82 Å². The second kappa shape index (κ2) is 9.02. The summed E-state index contributed by atoms with van der Waals surface area (Å²) < 4.78 is 19.7. The summed E-state index contributed by atoms with van der Waals surface area (Å²) in [5.74, 6) is 0.943. The van der Waals surface area contributed by atoms with Crippen molar-refractivity contribution in [2.45, 2.75) is 31.8 Å². The van der Waals surface area contributed by atoms with Crippen LogP contribution in [0.1, 0.15) is 42.9 Å². The fourth-order valence-corrected chi connectivity index (χ4v) is 4.19. The second-order valence-corrected chi connectivity index (χ2v) is 8.09. The van der Waals surface area contributed by atoms with Crippen LogP contribution in [0.2, 0.25) is 5.02 Å². The zero-order valence-corrected chi connectivity index (χ0v) is 17.6. The molecule has 30 heavy (non-hydrogen) atoms. The van der Waals surface area contributed by atoms with Gasteiger partial charge in [0.15, 0.2) is 11.6 Å². The Morgan fingerprint density at radius 3 is 2.73 bits per heavy atom. The lowest BCUT2D eigenvalue weighted by atomic mass is 9.88. The number of piperidine rings is 1. The summed E-state index contributed by atoms with van der Waals surface area (Å²) in [5.41, 5.74) is 9.96. The smallest absolute Gasteiger partial charge is 0.166 e. The molecule has 4 nitrogen and oxygen atoms in total. The van der Waals surface area contributed by atoms with Gasteiger partial charge in [0, 0.05) is 22.3 Å². The van der Waals surface area contributed by atoms with Crippen LogP contribution in [0.4, 0.5) is 10.2 Å². The number of aromatic nitrogens is 1. The third-order valence-corrected chi connectivity index (χ3v) is 5.96. The molecule has 1 aliphatic heterocycles. The number of hydrogen-bond donors (Lipinski definition) is 2. The first kappa shape index (κ1) is 20.6. The predicted molar refractivity (Wildman–Crippen MR) is 119 cm³/mol. The fourth-order valence-electron chi connectivity index (χ4n) is 3.91. The summed E-state index contributed by atoms with van der Waals surface area (Å²) in [6, 6.07) is 14.7. The lowest BCUT2D eigenvalue weighted by Gasteiger charge is -2.23. The van der Waals surface area contributed by atoms with E-state index in [1.165, 1.54) is 23.8 Å². The zero-order chi connectivity index (χ0) is 21.1. The molecule has 4 rings (SSSR count). The molecule has 1 atom stereocenters. The van der Waals surface area contributed by atoms with Crippen molar-refractivity contribution in [1.82, 2.24) is 10.3 Å². The van der Waals surface area contributed by atoms with Crippen LogP contribution in [-0.4, -0.2) is 18.1 Å². The number of rotatable bonds is 5. The Bertz CT molecular complexity index is 1040. The monoisotopic (exact) mass is 425 g/mol. The molecule has 1 unspecified atom stereocenters. The molecule has 1 fully saturated rings. The normalized spacial score (nSPS) is 15.7. The summed E-state index contributed by atoms with van der Waals surface area (Å²) in [7, 11) is 0. The Kier molecular flexibility index (Phi) is 6.21. The maximum absolute atomic E-state index is 13.6. The minimum absolute atomic E-state index is 0.285. The molecule has 2 aromatic carbocycles. The first-order valence-electron chi connectivity index (χ1n) is 10.2. The minimum atomic E-state index is -0.478. The average Bonchev–Trinajstić information content (AvgIpc) is 2.77. The van der Waals surface area contributed by atoms with Gasteiger partial charge in [-0.3, -0.25) is 0 Å². The van der Waals surface area contributed by atoms with Crippen LogP contribution >= 0.6 is 11.6 Å². The molecular formula is C24H25ClFN3O. The lowest BCUT2D eigenvalue weighted by Crippen LogP contribution is -2.26. The van der Waals surface area contributed by atoms with Crippen LogP contribution in [-0.2, 0) is 0 Å². The van der Waals surface area contributed by atoms with Crippen molar-refractivity contribution in [2.24, 2.45) is 0 Å². The molecule has 3 aromatic rings. The molecule has 156 valence electrons. The Labute approximate surface area is 181 Å². The Morgan fingerprint density at radius 2 is 1.93 bits per heavy atom. The van der Waals surface area contributed by atoms with E-state index >= 15 is 0 Å². The minimum Gasteiger partial charge on any atom is -0.482 e. The largest absolute Gasteiger partial charge is 0.482 e. The van der Waals surface area contributed by atoms with Crippen LogP contribution < -0.4 is 15.8 Å². The summed E-state index contributed by atoms with van der Waals surface area (Å²) in [6.45, 7) is 3.91. The maximum Gasteiger partial charge on any atom is 0.166 e. The van der Waals surface area contributed by atoms with Crippen molar-refractivity contribution < 1.29 is 9.13 Å². The molecule has 0 amide bonds. The SMILES string of the molecule is CC(Oc1cc(-c2cccc(C3CCNCC3)c2)cnc1N)c1cc(F)ccc1Cl. The van der Waals surface area contributed by atoms with E-state index in [2.05, 4.69) is 34.6 Å². The first-order chi connectivity index (χ1) is 14.5. The van der Waals surface area contributed by atoms with E-state index < -0.39 is 6.10 Å². The highest BCUT2D eigenvalue weighted by molar-refractivity contribution is 6.31. The Balaban J connectivity index is 1.60. The highest BCUT2D eigenvalue weighted by Gasteiger charge is 2.17. The van der Waals surface area contributed by atoms with Crippen molar-refractivity contribution in [2.75, 3.05) is 18.8 Å². The number of nitrogen functional groups attached to an aromatic ring is 1. The van der Waals surface area contributed by atoms with Crippen LogP contribution in [0.3, 0.4) is 0 Å². The van der Waals surface area contributed by atoms with Crippen LogP contribution in [0.15, 0.2) is 54.7 Å². The van der Waals surface area contributed by atoms with E-state index in [1.54, 1.807) is 6.20 Å². The van der Waals surface area contributed by atoms with Gasteiger partial charge in [-0.05, 0) is 74.2 Å². The quantitative estimate of drug-likeness (QED) is 0.548. The van der Waals surface area contributed by atoms with Gasteiger partial charge in [-0.15, -0.1) is 0 Å². The van der Waals surface area contributed by atoms with Crippen LogP contribution in [0.25, 0.3) is 11.1 Å². The van der Waals surface area contributed by atoms with Crippen molar-refractivity contribution in [3.05, 3.63) is 76.7 Å². The predicted octanol–water partition coefficient (Wildman–Crippen LogP) is 5.73. The van der Waals surface area contributed by atoms with Crippen molar-refractivity contribution in [3.63, 3.8) is 0 Å². The number of halogens is 2. The number of nitrogens with two attached hydrogens (primary N) is 1. The Morgan fingerprint density at radius 1 is 1.13 bits per heavy atom. The molecule has 1 aliphatic rings. The summed E-state index contributed by atoms with van der Waals surface area (Å²) in [6.07, 6.45) is 3.56. The number of nitrogens with zero attached hydrogens (tertiary/aromatic N) is 1. The zero-order valence-electron chi connectivity index (χ0n) is 16.9. The molecule has 0 spiro atoms. The van der Waals surface area contributed by atoms with Gasteiger partial charge < -0.3 is 15.8 Å². The molecule has 2 heterocycles. The van der Waals surface area contributed by atoms with Gasteiger partial charge in [0.2, 0.25) is 0 Å². The highest BCUT2D eigenvalue weighted by atomic mass is 35.5.